The molecule has 0 aliphatic carbocycles. The summed E-state index contributed by atoms with van der Waals surface area (Å²) in [5.74, 6) is -0.218. The van der Waals surface area contributed by atoms with E-state index in [1.807, 2.05) is 6.92 Å². The van der Waals surface area contributed by atoms with Crippen molar-refractivity contribution in [3.8, 4) is 0 Å². The lowest BCUT2D eigenvalue weighted by atomic mass is 9.94. The highest BCUT2D eigenvalue weighted by atomic mass is 16.5. The Balaban J connectivity index is 2.03. The second-order valence-corrected chi connectivity index (χ2v) is 5.08. The van der Waals surface area contributed by atoms with Gasteiger partial charge in [0.05, 0.1) is 5.60 Å². The van der Waals surface area contributed by atoms with Gasteiger partial charge in [0.25, 0.3) is 5.91 Å². The minimum atomic E-state index is -0.271. The highest BCUT2D eigenvalue weighted by molar-refractivity contribution is 6.39. The predicted molar refractivity (Wildman–Crippen MR) is 66.0 cm³/mol. The summed E-state index contributed by atoms with van der Waals surface area (Å²) in [4.78, 5) is 25.0. The summed E-state index contributed by atoms with van der Waals surface area (Å²) in [6, 6.07) is 0. The van der Waals surface area contributed by atoms with Crippen molar-refractivity contribution in [2.75, 3.05) is 20.2 Å². The number of amides is 2. The van der Waals surface area contributed by atoms with Crippen LogP contribution < -0.4 is 5.43 Å². The molecule has 0 spiro atoms. The Hall–Kier alpha value is -1.43. The minimum absolute atomic E-state index is 0.0852. The standard InChI is InChI=1S/C12H19N3O3/c1-12(18-2)6-3-7-15(8-12)11(17)9-4-5-10(16)14-13-9/h3-8H2,1-2H3,(H,14,16). The molecule has 0 radical (unpaired) electrons. The lowest BCUT2D eigenvalue weighted by Crippen LogP contribution is -2.52. The van der Waals surface area contributed by atoms with Crippen LogP contribution in [-0.4, -0.2) is 48.2 Å². The van der Waals surface area contributed by atoms with E-state index < -0.39 is 0 Å². The molecule has 1 unspecified atom stereocenters. The summed E-state index contributed by atoms with van der Waals surface area (Å²) in [6.07, 6.45) is 2.64. The van der Waals surface area contributed by atoms with Crippen LogP contribution in [0.25, 0.3) is 0 Å². The number of likely N-dealkylation sites (tertiary alicyclic amines) is 1. The maximum Gasteiger partial charge on any atom is 0.270 e. The first-order valence-corrected chi connectivity index (χ1v) is 6.24. The molecular formula is C12H19N3O3. The van der Waals surface area contributed by atoms with E-state index in [1.54, 1.807) is 12.0 Å². The molecule has 1 atom stereocenters. The number of methoxy groups -OCH3 is 1. The van der Waals surface area contributed by atoms with E-state index in [9.17, 15) is 9.59 Å². The lowest BCUT2D eigenvalue weighted by Gasteiger charge is -2.39. The van der Waals surface area contributed by atoms with Crippen molar-refractivity contribution in [2.24, 2.45) is 5.10 Å². The van der Waals surface area contributed by atoms with Crippen LogP contribution in [0.1, 0.15) is 32.6 Å². The molecule has 1 N–H and O–H groups in total. The molecule has 2 rings (SSSR count). The third-order valence-corrected chi connectivity index (χ3v) is 3.59. The number of nitrogens with one attached hydrogen (secondary N) is 1. The van der Waals surface area contributed by atoms with E-state index in [0.717, 1.165) is 19.4 Å². The molecule has 1 saturated heterocycles. The van der Waals surface area contributed by atoms with Crippen molar-refractivity contribution in [2.45, 2.75) is 38.2 Å². The molecule has 0 aromatic heterocycles. The van der Waals surface area contributed by atoms with Crippen LogP contribution in [0, 0.1) is 0 Å². The Morgan fingerprint density at radius 3 is 2.89 bits per heavy atom. The van der Waals surface area contributed by atoms with Gasteiger partial charge in [-0.2, -0.15) is 5.10 Å². The van der Waals surface area contributed by atoms with E-state index in [4.69, 9.17) is 4.74 Å². The van der Waals surface area contributed by atoms with Gasteiger partial charge in [0.1, 0.15) is 5.71 Å². The fraction of sp³-hybridized carbons (Fsp3) is 0.750. The summed E-state index contributed by atoms with van der Waals surface area (Å²) in [7, 11) is 1.67. The molecule has 6 nitrogen and oxygen atoms in total. The van der Waals surface area contributed by atoms with Gasteiger partial charge in [-0.05, 0) is 19.8 Å². The molecule has 2 heterocycles. The Kier molecular flexibility index (Phi) is 3.65. The molecule has 18 heavy (non-hydrogen) atoms. The minimum Gasteiger partial charge on any atom is -0.377 e. The molecule has 6 heteroatoms. The molecule has 0 aromatic carbocycles. The third kappa shape index (κ3) is 2.69. The van der Waals surface area contributed by atoms with Gasteiger partial charge in [-0.3, -0.25) is 9.59 Å². The Bertz CT molecular complexity index is 394. The Morgan fingerprint density at radius 1 is 1.50 bits per heavy atom. The van der Waals surface area contributed by atoms with Crippen molar-refractivity contribution in [3.05, 3.63) is 0 Å². The van der Waals surface area contributed by atoms with Gasteiger partial charge < -0.3 is 9.64 Å². The summed E-state index contributed by atoms with van der Waals surface area (Å²) < 4.78 is 5.46. The zero-order valence-corrected chi connectivity index (χ0v) is 10.9. The molecule has 1 fully saturated rings. The molecule has 100 valence electrons. The van der Waals surface area contributed by atoms with Crippen LogP contribution in [0.5, 0.6) is 0 Å². The van der Waals surface area contributed by atoms with Gasteiger partial charge in [-0.25, -0.2) is 5.43 Å². The average Bonchev–Trinajstić information content (AvgIpc) is 2.39. The molecule has 0 bridgehead atoms. The van der Waals surface area contributed by atoms with Crippen molar-refractivity contribution in [3.63, 3.8) is 0 Å². The highest BCUT2D eigenvalue weighted by Gasteiger charge is 2.34. The number of hydrazone groups is 1. The topological polar surface area (TPSA) is 71.0 Å². The number of piperidine rings is 1. The molecule has 0 saturated carbocycles. The number of ether oxygens (including phenoxy) is 1. The normalized spacial score (nSPS) is 28.7. The van der Waals surface area contributed by atoms with Crippen molar-refractivity contribution >= 4 is 17.5 Å². The second kappa shape index (κ2) is 5.06. The largest absolute Gasteiger partial charge is 0.377 e. The molecule has 0 aromatic rings. The maximum atomic E-state index is 12.3. The summed E-state index contributed by atoms with van der Waals surface area (Å²) in [5.41, 5.74) is 2.53. The fourth-order valence-corrected chi connectivity index (χ4v) is 2.36. The van der Waals surface area contributed by atoms with E-state index in [1.165, 1.54) is 0 Å². The lowest BCUT2D eigenvalue weighted by molar-refractivity contribution is -0.132. The van der Waals surface area contributed by atoms with E-state index in [-0.39, 0.29) is 17.4 Å². The van der Waals surface area contributed by atoms with Gasteiger partial charge in [0.2, 0.25) is 5.91 Å². The van der Waals surface area contributed by atoms with Crippen molar-refractivity contribution in [1.82, 2.24) is 10.3 Å². The Morgan fingerprint density at radius 2 is 2.28 bits per heavy atom. The van der Waals surface area contributed by atoms with Gasteiger partial charge in [-0.1, -0.05) is 0 Å². The van der Waals surface area contributed by atoms with Crippen molar-refractivity contribution < 1.29 is 14.3 Å². The first-order valence-electron chi connectivity index (χ1n) is 6.24. The van der Waals surface area contributed by atoms with Crippen molar-refractivity contribution in [1.29, 1.82) is 0 Å². The number of rotatable bonds is 2. The fourth-order valence-electron chi connectivity index (χ4n) is 2.36. The van der Waals surface area contributed by atoms with Gasteiger partial charge in [0, 0.05) is 33.0 Å². The Labute approximate surface area is 106 Å². The number of hydrogen-bond acceptors (Lipinski definition) is 4. The van der Waals surface area contributed by atoms with Crippen LogP contribution in [0.2, 0.25) is 0 Å². The maximum absolute atomic E-state index is 12.3. The zero-order valence-electron chi connectivity index (χ0n) is 10.9. The van der Waals surface area contributed by atoms with Gasteiger partial charge in [0.15, 0.2) is 0 Å². The molecule has 2 aliphatic rings. The van der Waals surface area contributed by atoms with E-state index in [2.05, 4.69) is 10.5 Å². The first-order chi connectivity index (χ1) is 8.54. The van der Waals surface area contributed by atoms with Gasteiger partial charge >= 0.3 is 0 Å². The highest BCUT2D eigenvalue weighted by Crippen LogP contribution is 2.24. The summed E-state index contributed by atoms with van der Waals surface area (Å²) >= 11 is 0. The zero-order chi connectivity index (χ0) is 13.2. The summed E-state index contributed by atoms with van der Waals surface area (Å²) in [5, 5.41) is 3.84. The molecular weight excluding hydrogens is 234 g/mol. The van der Waals surface area contributed by atoms with Gasteiger partial charge in [-0.15, -0.1) is 0 Å². The predicted octanol–water partition coefficient (Wildman–Crippen LogP) is 0.280. The third-order valence-electron chi connectivity index (χ3n) is 3.59. The SMILES string of the molecule is COC1(C)CCCN(C(=O)C2=NNC(=O)CC2)C1. The average molecular weight is 253 g/mol. The van der Waals surface area contributed by atoms with Crippen LogP contribution in [0.4, 0.5) is 0 Å². The van der Waals surface area contributed by atoms with Crippen LogP contribution >= 0.6 is 0 Å². The van der Waals surface area contributed by atoms with E-state index >= 15 is 0 Å². The second-order valence-electron chi connectivity index (χ2n) is 5.08. The first kappa shape index (κ1) is 13.0. The number of carbonyl (C=O) groups excluding carboxylic acids is 2. The molecule has 2 amide bonds. The number of carbonyl (C=O) groups is 2. The quantitative estimate of drug-likeness (QED) is 0.768. The monoisotopic (exact) mass is 253 g/mol. The van der Waals surface area contributed by atoms with Crippen LogP contribution in [0.3, 0.4) is 0 Å². The number of hydrogen-bond donors (Lipinski definition) is 1. The van der Waals surface area contributed by atoms with Crippen LogP contribution in [0.15, 0.2) is 5.10 Å². The summed E-state index contributed by atoms with van der Waals surface area (Å²) in [6.45, 7) is 3.32. The number of nitrogens with zero attached hydrogens (tertiary/aromatic N) is 2. The van der Waals surface area contributed by atoms with E-state index in [0.29, 0.717) is 25.1 Å². The van der Waals surface area contributed by atoms with Crippen LogP contribution in [-0.2, 0) is 14.3 Å². The molecule has 2 aliphatic heterocycles. The smallest absolute Gasteiger partial charge is 0.270 e.